The Labute approximate surface area is 198 Å². The number of carbonyl (C=O) groups is 2. The maximum Gasteiger partial charge on any atom is 0.331 e. The van der Waals surface area contributed by atoms with Crippen LogP contribution in [0.25, 0.3) is 0 Å². The lowest BCUT2D eigenvalue weighted by molar-refractivity contribution is -0.152. The number of carbonyl (C=O) groups excluding carboxylic acids is 2. The van der Waals surface area contributed by atoms with Gasteiger partial charge in [-0.1, -0.05) is 12.1 Å². The van der Waals surface area contributed by atoms with E-state index in [0.29, 0.717) is 31.7 Å². The summed E-state index contributed by atoms with van der Waals surface area (Å²) in [5.74, 6) is -0.120. The summed E-state index contributed by atoms with van der Waals surface area (Å²) in [7, 11) is -2.08. The Hall–Kier alpha value is -3.60. The molecule has 0 bridgehead atoms. The summed E-state index contributed by atoms with van der Waals surface area (Å²) in [6, 6.07) is 13.1. The van der Waals surface area contributed by atoms with Crippen LogP contribution in [-0.4, -0.2) is 77.0 Å². The van der Waals surface area contributed by atoms with E-state index < -0.39 is 28.6 Å². The molecule has 1 atom stereocenters. The minimum atomic E-state index is -3.70. The minimum absolute atomic E-state index is 0.0843. The van der Waals surface area contributed by atoms with Crippen LogP contribution in [0.15, 0.2) is 58.4 Å². The summed E-state index contributed by atoms with van der Waals surface area (Å²) in [5.41, 5.74) is 1.45. The van der Waals surface area contributed by atoms with Crippen molar-refractivity contribution in [3.63, 3.8) is 0 Å². The number of aliphatic imine (C=N–C) groups is 1. The molecule has 1 fully saturated rings. The SMILES string of the molecule is COc1ccc(N2CCN(C(=O)COC(=O)[C@H](C)N=C3NS(=O)(=O)c4ccccc43)CC2)cc1. The van der Waals surface area contributed by atoms with Crippen molar-refractivity contribution in [3.05, 3.63) is 54.1 Å². The van der Waals surface area contributed by atoms with Gasteiger partial charge in [-0.15, -0.1) is 0 Å². The number of hydrogen-bond donors (Lipinski definition) is 1. The molecule has 1 N–H and O–H groups in total. The van der Waals surface area contributed by atoms with Crippen LogP contribution >= 0.6 is 0 Å². The zero-order chi connectivity index (χ0) is 24.3. The second-order valence-electron chi connectivity index (χ2n) is 7.93. The number of amidine groups is 1. The number of benzene rings is 2. The summed E-state index contributed by atoms with van der Waals surface area (Å²) in [6.07, 6.45) is 0. The van der Waals surface area contributed by atoms with Crippen molar-refractivity contribution in [1.82, 2.24) is 9.62 Å². The van der Waals surface area contributed by atoms with Crippen LogP contribution in [0.3, 0.4) is 0 Å². The number of amides is 1. The quantitative estimate of drug-likeness (QED) is 0.606. The summed E-state index contributed by atoms with van der Waals surface area (Å²) >= 11 is 0. The molecule has 2 aromatic carbocycles. The Balaban J connectivity index is 1.28. The van der Waals surface area contributed by atoms with E-state index in [9.17, 15) is 18.0 Å². The third-order valence-electron chi connectivity index (χ3n) is 5.73. The summed E-state index contributed by atoms with van der Waals surface area (Å²) in [5, 5.41) is 0. The van der Waals surface area contributed by atoms with Gasteiger partial charge in [0.05, 0.1) is 12.0 Å². The fraction of sp³-hybridized carbons (Fsp3) is 0.348. The first-order valence-electron chi connectivity index (χ1n) is 10.8. The van der Waals surface area contributed by atoms with Gasteiger partial charge in [-0.05, 0) is 43.3 Å². The lowest BCUT2D eigenvalue weighted by Gasteiger charge is -2.36. The molecule has 0 aliphatic carbocycles. The van der Waals surface area contributed by atoms with E-state index in [-0.39, 0.29) is 16.6 Å². The lowest BCUT2D eigenvalue weighted by atomic mass is 10.2. The van der Waals surface area contributed by atoms with E-state index in [4.69, 9.17) is 9.47 Å². The maximum atomic E-state index is 12.5. The molecular formula is C23H26N4O6S. The molecule has 34 heavy (non-hydrogen) atoms. The molecule has 0 saturated carbocycles. The highest BCUT2D eigenvalue weighted by Crippen LogP contribution is 2.23. The van der Waals surface area contributed by atoms with Gasteiger partial charge in [-0.2, -0.15) is 0 Å². The largest absolute Gasteiger partial charge is 0.497 e. The number of anilines is 1. The highest BCUT2D eigenvalue weighted by atomic mass is 32.2. The number of hydrogen-bond acceptors (Lipinski definition) is 8. The molecule has 0 aromatic heterocycles. The van der Waals surface area contributed by atoms with Crippen LogP contribution in [0.4, 0.5) is 5.69 Å². The molecule has 4 rings (SSSR count). The van der Waals surface area contributed by atoms with E-state index in [1.807, 2.05) is 24.3 Å². The van der Waals surface area contributed by atoms with Crippen molar-refractivity contribution in [2.24, 2.45) is 4.99 Å². The summed E-state index contributed by atoms with van der Waals surface area (Å²) in [4.78, 5) is 33.0. The highest BCUT2D eigenvalue weighted by molar-refractivity contribution is 7.90. The van der Waals surface area contributed by atoms with Gasteiger partial charge in [0.15, 0.2) is 6.61 Å². The van der Waals surface area contributed by atoms with E-state index in [1.165, 1.54) is 13.0 Å². The molecule has 10 nitrogen and oxygen atoms in total. The number of esters is 1. The topological polar surface area (TPSA) is 118 Å². The van der Waals surface area contributed by atoms with Gasteiger partial charge in [-0.25, -0.2) is 13.2 Å². The van der Waals surface area contributed by atoms with Gasteiger partial charge in [0.25, 0.3) is 15.9 Å². The normalized spacial score (nSPS) is 18.7. The first-order chi connectivity index (χ1) is 16.3. The van der Waals surface area contributed by atoms with E-state index in [1.54, 1.807) is 30.2 Å². The van der Waals surface area contributed by atoms with Gasteiger partial charge in [0.2, 0.25) is 0 Å². The lowest BCUT2D eigenvalue weighted by Crippen LogP contribution is -2.50. The molecule has 2 heterocycles. The molecule has 180 valence electrons. The molecule has 2 aliphatic rings. The molecular weight excluding hydrogens is 460 g/mol. The van der Waals surface area contributed by atoms with E-state index >= 15 is 0 Å². The Bertz CT molecular complexity index is 1200. The number of nitrogens with one attached hydrogen (secondary N) is 1. The molecule has 0 unspecified atom stereocenters. The van der Waals surface area contributed by atoms with Gasteiger partial charge >= 0.3 is 5.97 Å². The Morgan fingerprint density at radius 2 is 1.74 bits per heavy atom. The number of methoxy groups -OCH3 is 1. The monoisotopic (exact) mass is 486 g/mol. The summed E-state index contributed by atoms with van der Waals surface area (Å²) < 4.78 is 37.1. The number of fused-ring (bicyclic) bond motifs is 1. The van der Waals surface area contributed by atoms with Crippen molar-refractivity contribution in [3.8, 4) is 5.75 Å². The Kier molecular flexibility index (Phi) is 6.73. The minimum Gasteiger partial charge on any atom is -0.497 e. The average Bonchev–Trinajstić information content (AvgIpc) is 3.12. The molecule has 0 spiro atoms. The van der Waals surface area contributed by atoms with Crippen molar-refractivity contribution in [1.29, 1.82) is 0 Å². The fourth-order valence-corrected chi connectivity index (χ4v) is 5.07. The molecule has 1 amide bonds. The van der Waals surface area contributed by atoms with Gasteiger partial charge in [-0.3, -0.25) is 14.5 Å². The number of ether oxygens (including phenoxy) is 2. The zero-order valence-electron chi connectivity index (χ0n) is 18.9. The average molecular weight is 487 g/mol. The number of sulfonamides is 1. The molecule has 2 aliphatic heterocycles. The molecule has 0 radical (unpaired) electrons. The van der Waals surface area contributed by atoms with Gasteiger partial charge in [0, 0.05) is 37.4 Å². The third kappa shape index (κ3) is 4.98. The van der Waals surface area contributed by atoms with Crippen LogP contribution in [0.2, 0.25) is 0 Å². The van der Waals surface area contributed by atoms with Crippen LogP contribution in [0.5, 0.6) is 5.75 Å². The van der Waals surface area contributed by atoms with Crippen LogP contribution < -0.4 is 14.4 Å². The highest BCUT2D eigenvalue weighted by Gasteiger charge is 2.31. The van der Waals surface area contributed by atoms with Crippen molar-refractivity contribution < 1.29 is 27.5 Å². The van der Waals surface area contributed by atoms with Crippen LogP contribution in [0, 0.1) is 0 Å². The molecule has 2 aromatic rings. The predicted octanol–water partition coefficient (Wildman–Crippen LogP) is 1.01. The Morgan fingerprint density at radius 3 is 2.41 bits per heavy atom. The first kappa shape index (κ1) is 23.6. The summed E-state index contributed by atoms with van der Waals surface area (Å²) in [6.45, 7) is 3.45. The Morgan fingerprint density at radius 1 is 1.06 bits per heavy atom. The van der Waals surface area contributed by atoms with Crippen LogP contribution in [0.1, 0.15) is 12.5 Å². The van der Waals surface area contributed by atoms with Gasteiger partial charge in [0.1, 0.15) is 17.6 Å². The number of rotatable bonds is 6. The van der Waals surface area contributed by atoms with Crippen molar-refractivity contribution in [2.45, 2.75) is 17.9 Å². The second-order valence-corrected chi connectivity index (χ2v) is 9.58. The van der Waals surface area contributed by atoms with E-state index in [0.717, 1.165) is 11.4 Å². The fourth-order valence-electron chi connectivity index (χ4n) is 3.83. The van der Waals surface area contributed by atoms with Crippen molar-refractivity contribution in [2.75, 3.05) is 44.8 Å². The zero-order valence-corrected chi connectivity index (χ0v) is 19.7. The second kappa shape index (κ2) is 9.72. The van der Waals surface area contributed by atoms with Crippen molar-refractivity contribution >= 4 is 33.4 Å². The predicted molar refractivity (Wildman–Crippen MR) is 126 cm³/mol. The van der Waals surface area contributed by atoms with Crippen LogP contribution in [-0.2, 0) is 24.3 Å². The standard InChI is InChI=1S/C23H26N4O6S/c1-16(24-22-19-5-3-4-6-20(19)34(30,31)25-22)23(29)33-15-21(28)27-13-11-26(12-14-27)17-7-9-18(32-2)10-8-17/h3-10,16H,11-15H2,1-2H3,(H,24,25)/t16-/m0/s1. The number of nitrogens with zero attached hydrogens (tertiary/aromatic N) is 3. The molecule has 11 heteroatoms. The number of piperazine rings is 1. The van der Waals surface area contributed by atoms with Gasteiger partial charge < -0.3 is 19.3 Å². The van der Waals surface area contributed by atoms with E-state index in [2.05, 4.69) is 14.6 Å². The molecule has 1 saturated heterocycles. The maximum absolute atomic E-state index is 12.5. The smallest absolute Gasteiger partial charge is 0.331 e. The third-order valence-corrected chi connectivity index (χ3v) is 7.13. The first-order valence-corrected chi connectivity index (χ1v) is 12.3.